The highest BCUT2D eigenvalue weighted by atomic mass is 16.9. The van der Waals surface area contributed by atoms with Gasteiger partial charge >= 0.3 is 0 Å². The van der Waals surface area contributed by atoms with E-state index in [0.717, 1.165) is 0 Å². The highest BCUT2D eigenvalue weighted by Gasteiger charge is 1.96. The average Bonchev–Trinajstić information content (AvgIpc) is 2.05. The van der Waals surface area contributed by atoms with Gasteiger partial charge < -0.3 is 10.0 Å². The lowest BCUT2D eigenvalue weighted by atomic mass is 10.3. The summed E-state index contributed by atoms with van der Waals surface area (Å²) in [5, 5.41) is 12.8. The summed E-state index contributed by atoms with van der Waals surface area (Å²) in [6.07, 6.45) is 0. The third kappa shape index (κ3) is 2.30. The van der Waals surface area contributed by atoms with E-state index in [1.54, 1.807) is 0 Å². The summed E-state index contributed by atoms with van der Waals surface area (Å²) in [5.74, 6) is 0.412. The van der Waals surface area contributed by atoms with E-state index in [0.29, 0.717) is 11.4 Å². The van der Waals surface area contributed by atoms with Crippen molar-refractivity contribution in [3.63, 3.8) is 0 Å². The molecule has 1 unspecified atom stereocenters. The molecule has 12 heavy (non-hydrogen) atoms. The molecular weight excluding hydrogens is 160 g/mol. The Kier molecular flexibility index (Phi) is 2.73. The zero-order valence-corrected chi connectivity index (χ0v) is 6.48. The maximum atomic E-state index is 10.5. The molecule has 0 aliphatic rings. The Labute approximate surface area is 69.1 Å². The second kappa shape index (κ2) is 3.80. The highest BCUT2D eigenvalue weighted by molar-refractivity contribution is 5.40. The van der Waals surface area contributed by atoms with Gasteiger partial charge in [-0.25, -0.2) is 0 Å². The molecule has 1 atom stereocenters. The Balaban J connectivity index is 2.71. The van der Waals surface area contributed by atoms with Crippen LogP contribution < -0.4 is 10.1 Å². The molecule has 5 nitrogen and oxygen atoms in total. The van der Waals surface area contributed by atoms with Gasteiger partial charge in [0.25, 0.3) is 0 Å². The van der Waals surface area contributed by atoms with Gasteiger partial charge in [-0.3, -0.25) is 0 Å². The van der Waals surface area contributed by atoms with E-state index in [-0.39, 0.29) is 5.23 Å². The third-order valence-electron chi connectivity index (χ3n) is 1.20. The predicted octanol–water partition coefficient (Wildman–Crippen LogP) is 0.391. The van der Waals surface area contributed by atoms with Crippen LogP contribution in [0.3, 0.4) is 0 Å². The number of hydroxylamine groups is 2. The van der Waals surface area contributed by atoms with Crippen molar-refractivity contribution in [2.75, 3.05) is 7.05 Å². The zero-order valence-electron chi connectivity index (χ0n) is 6.48. The van der Waals surface area contributed by atoms with Crippen LogP contribution >= 0.6 is 0 Å². The van der Waals surface area contributed by atoms with Crippen LogP contribution in [0.2, 0.25) is 0 Å². The van der Waals surface area contributed by atoms with Gasteiger partial charge in [0.2, 0.25) is 0 Å². The molecular formula is C7H8N2O3. The van der Waals surface area contributed by atoms with Crippen molar-refractivity contribution >= 4 is 5.69 Å². The van der Waals surface area contributed by atoms with Crippen molar-refractivity contribution in [3.8, 4) is 5.75 Å². The molecule has 0 spiro atoms. The van der Waals surface area contributed by atoms with Gasteiger partial charge in [-0.05, 0) is 29.4 Å². The lowest BCUT2D eigenvalue weighted by Crippen LogP contribution is -3.05. The number of benzene rings is 1. The first-order valence-corrected chi connectivity index (χ1v) is 3.34. The number of nitrogens with one attached hydrogen (secondary N) is 1. The summed E-state index contributed by atoms with van der Waals surface area (Å²) in [7, 11) is 1.31. The minimum atomic E-state index is -0.387. The Bertz CT molecular complexity index is 258. The van der Waals surface area contributed by atoms with Crippen molar-refractivity contribution in [2.24, 2.45) is 5.18 Å². The van der Waals surface area contributed by atoms with E-state index in [1.165, 1.54) is 31.3 Å². The van der Waals surface area contributed by atoms with E-state index in [4.69, 9.17) is 4.84 Å². The molecule has 1 rings (SSSR count). The fourth-order valence-electron chi connectivity index (χ4n) is 0.741. The third-order valence-corrected chi connectivity index (χ3v) is 1.20. The molecule has 0 aromatic heterocycles. The molecule has 0 aliphatic heterocycles. The van der Waals surface area contributed by atoms with Crippen LogP contribution in [0.15, 0.2) is 29.4 Å². The quantitative estimate of drug-likeness (QED) is 0.524. The fourth-order valence-corrected chi connectivity index (χ4v) is 0.741. The summed E-state index contributed by atoms with van der Waals surface area (Å²) in [4.78, 5) is 14.7. The molecule has 0 fully saturated rings. The first-order chi connectivity index (χ1) is 5.72. The molecule has 1 aromatic carbocycles. The number of hydrogen-bond acceptors (Lipinski definition) is 4. The number of quaternary nitrogens is 1. The summed E-state index contributed by atoms with van der Waals surface area (Å²) in [5.41, 5.74) is 0.311. The molecule has 5 heteroatoms. The largest absolute Gasteiger partial charge is 0.591 e. The smallest absolute Gasteiger partial charge is 0.190 e. The van der Waals surface area contributed by atoms with Crippen LogP contribution in [0.5, 0.6) is 5.75 Å². The monoisotopic (exact) mass is 168 g/mol. The average molecular weight is 168 g/mol. The van der Waals surface area contributed by atoms with E-state index in [1.807, 2.05) is 0 Å². The van der Waals surface area contributed by atoms with Gasteiger partial charge in [0.05, 0.1) is 0 Å². The van der Waals surface area contributed by atoms with Crippen molar-refractivity contribution in [1.82, 2.24) is 0 Å². The molecule has 1 aromatic rings. The van der Waals surface area contributed by atoms with Crippen molar-refractivity contribution in [1.29, 1.82) is 0 Å². The summed E-state index contributed by atoms with van der Waals surface area (Å²) in [6, 6.07) is 5.98. The molecule has 0 amide bonds. The van der Waals surface area contributed by atoms with E-state index in [2.05, 4.69) is 5.18 Å². The Morgan fingerprint density at radius 2 is 2.00 bits per heavy atom. The maximum absolute atomic E-state index is 10.5. The number of nitroso groups, excluding NO2 is 1. The number of rotatable bonds is 3. The Morgan fingerprint density at radius 3 is 2.42 bits per heavy atom. The lowest BCUT2D eigenvalue weighted by Gasteiger charge is -2.14. The van der Waals surface area contributed by atoms with Crippen molar-refractivity contribution < 1.29 is 10.1 Å². The van der Waals surface area contributed by atoms with Gasteiger partial charge in [0.1, 0.15) is 12.7 Å². The first kappa shape index (κ1) is 8.63. The summed E-state index contributed by atoms with van der Waals surface area (Å²) >= 11 is 0. The Morgan fingerprint density at radius 1 is 1.42 bits per heavy atom. The van der Waals surface area contributed by atoms with E-state index < -0.39 is 0 Å². The van der Waals surface area contributed by atoms with Crippen LogP contribution in [0.25, 0.3) is 0 Å². The molecule has 0 bridgehead atoms. The standard InChI is InChI=1S/C7H8N2O3/c1-9(11)12-7-4-2-6(8-10)3-5-7/h2-5,9H,1H3. The van der Waals surface area contributed by atoms with Gasteiger partial charge in [0.15, 0.2) is 5.75 Å². The van der Waals surface area contributed by atoms with E-state index >= 15 is 0 Å². The van der Waals surface area contributed by atoms with Gasteiger partial charge in [0, 0.05) is 0 Å². The SMILES string of the molecule is C[NH+]([O-])Oc1ccc(N=O)cc1. The second-order valence-corrected chi connectivity index (χ2v) is 2.18. The predicted molar refractivity (Wildman–Crippen MR) is 42.8 cm³/mol. The Hall–Kier alpha value is -1.46. The van der Waals surface area contributed by atoms with Crippen LogP contribution in [-0.2, 0) is 0 Å². The van der Waals surface area contributed by atoms with Crippen molar-refractivity contribution in [3.05, 3.63) is 34.4 Å². The second-order valence-electron chi connectivity index (χ2n) is 2.18. The minimum absolute atomic E-state index is 0.311. The number of nitrogens with zero attached hydrogens (tertiary/aromatic N) is 1. The first-order valence-electron chi connectivity index (χ1n) is 3.34. The fraction of sp³-hybridized carbons (Fsp3) is 0.143. The molecule has 0 saturated heterocycles. The topological polar surface area (TPSA) is 66.2 Å². The normalized spacial score (nSPS) is 12.2. The zero-order chi connectivity index (χ0) is 8.97. The molecule has 0 saturated carbocycles. The molecule has 0 radical (unpaired) electrons. The lowest BCUT2D eigenvalue weighted by molar-refractivity contribution is -1.00. The molecule has 1 N–H and O–H groups in total. The van der Waals surface area contributed by atoms with Crippen LogP contribution in [0.4, 0.5) is 5.69 Å². The maximum Gasteiger partial charge on any atom is 0.190 e. The molecule has 64 valence electrons. The highest BCUT2D eigenvalue weighted by Crippen LogP contribution is 2.15. The van der Waals surface area contributed by atoms with Crippen LogP contribution in [0, 0.1) is 10.1 Å². The summed E-state index contributed by atoms with van der Waals surface area (Å²) < 4.78 is 0. The molecule has 0 heterocycles. The van der Waals surface area contributed by atoms with Crippen LogP contribution in [0.1, 0.15) is 0 Å². The van der Waals surface area contributed by atoms with Gasteiger partial charge in [-0.2, -0.15) is 5.23 Å². The number of hydrogen-bond donors (Lipinski definition) is 1. The van der Waals surface area contributed by atoms with Crippen molar-refractivity contribution in [2.45, 2.75) is 0 Å². The summed E-state index contributed by atoms with van der Waals surface area (Å²) in [6.45, 7) is 0. The van der Waals surface area contributed by atoms with Gasteiger partial charge in [-0.15, -0.1) is 4.91 Å². The van der Waals surface area contributed by atoms with E-state index in [9.17, 15) is 10.1 Å². The minimum Gasteiger partial charge on any atom is -0.591 e. The van der Waals surface area contributed by atoms with Crippen LogP contribution in [-0.4, -0.2) is 7.05 Å². The molecule has 0 aliphatic carbocycles. The van der Waals surface area contributed by atoms with Gasteiger partial charge in [-0.1, -0.05) is 0 Å².